The Morgan fingerprint density at radius 1 is 1.38 bits per heavy atom. The topological polar surface area (TPSA) is 76.0 Å². The van der Waals surface area contributed by atoms with Crippen LogP contribution in [0.25, 0.3) is 10.9 Å². The monoisotopic (exact) mass is 238 g/mol. The van der Waals surface area contributed by atoms with Crippen LogP contribution in [0.2, 0.25) is 0 Å². The minimum Gasteiger partial charge on any atom is -0.355 e. The van der Waals surface area contributed by atoms with Crippen molar-refractivity contribution >= 4 is 29.0 Å². The van der Waals surface area contributed by atoms with Crippen molar-refractivity contribution in [2.45, 2.75) is 0 Å². The third-order valence-corrected chi connectivity index (χ3v) is 3.98. The SMILES string of the molecule is CP(C)(=O)c1cccc2c([N+](=O)[O-])c[nH]c12. The molecule has 2 aromatic rings. The van der Waals surface area contributed by atoms with Crippen LogP contribution >= 0.6 is 7.14 Å². The molecule has 1 aromatic heterocycles. The minimum atomic E-state index is -2.43. The first kappa shape index (κ1) is 10.9. The number of aromatic nitrogens is 1. The van der Waals surface area contributed by atoms with Gasteiger partial charge in [0.15, 0.2) is 0 Å². The Hall–Kier alpha value is -1.61. The van der Waals surface area contributed by atoms with Gasteiger partial charge in [0.25, 0.3) is 5.69 Å². The fourth-order valence-corrected chi connectivity index (χ4v) is 2.89. The van der Waals surface area contributed by atoms with Gasteiger partial charge < -0.3 is 9.55 Å². The lowest BCUT2D eigenvalue weighted by atomic mass is 10.2. The van der Waals surface area contributed by atoms with Gasteiger partial charge in [-0.25, -0.2) is 0 Å². The zero-order chi connectivity index (χ0) is 11.9. The van der Waals surface area contributed by atoms with E-state index in [1.807, 2.05) is 0 Å². The smallest absolute Gasteiger partial charge is 0.294 e. The van der Waals surface area contributed by atoms with Gasteiger partial charge in [0.1, 0.15) is 7.14 Å². The summed E-state index contributed by atoms with van der Waals surface area (Å²) in [5.41, 5.74) is 0.618. The van der Waals surface area contributed by atoms with Crippen molar-refractivity contribution in [2.24, 2.45) is 0 Å². The highest BCUT2D eigenvalue weighted by molar-refractivity contribution is 7.70. The van der Waals surface area contributed by atoms with E-state index in [1.165, 1.54) is 6.20 Å². The molecule has 0 spiro atoms. The first-order valence-electron chi connectivity index (χ1n) is 4.71. The van der Waals surface area contributed by atoms with Crippen molar-refractivity contribution in [3.8, 4) is 0 Å². The Balaban J connectivity index is 2.82. The predicted octanol–water partition coefficient (Wildman–Crippen LogP) is 2.32. The van der Waals surface area contributed by atoms with Gasteiger partial charge in [-0.3, -0.25) is 10.1 Å². The molecule has 16 heavy (non-hydrogen) atoms. The highest BCUT2D eigenvalue weighted by atomic mass is 31.2. The van der Waals surface area contributed by atoms with Crippen molar-refractivity contribution in [2.75, 3.05) is 13.3 Å². The number of hydrogen-bond donors (Lipinski definition) is 1. The Morgan fingerprint density at radius 2 is 2.06 bits per heavy atom. The van der Waals surface area contributed by atoms with Crippen LogP contribution in [0, 0.1) is 10.1 Å². The summed E-state index contributed by atoms with van der Waals surface area (Å²) < 4.78 is 12.0. The zero-order valence-electron chi connectivity index (χ0n) is 8.93. The standard InChI is InChI=1S/C10H11N2O3P/c1-16(2,15)9-5-3-4-7-8(12(13)14)6-11-10(7)9/h3-6,11H,1-2H3. The maximum atomic E-state index is 12.0. The second-order valence-electron chi connectivity index (χ2n) is 3.98. The molecule has 0 fully saturated rings. The van der Waals surface area contributed by atoms with Crippen LogP contribution in [0.5, 0.6) is 0 Å². The molecule has 0 radical (unpaired) electrons. The summed E-state index contributed by atoms with van der Waals surface area (Å²) in [6.07, 6.45) is 1.34. The van der Waals surface area contributed by atoms with Crippen LogP contribution in [0.3, 0.4) is 0 Å². The molecule has 0 amide bonds. The molecule has 0 aliphatic carbocycles. The lowest BCUT2D eigenvalue weighted by Crippen LogP contribution is -2.04. The quantitative estimate of drug-likeness (QED) is 0.495. The Kier molecular flexibility index (Phi) is 2.35. The van der Waals surface area contributed by atoms with Crippen LogP contribution in [-0.4, -0.2) is 23.2 Å². The van der Waals surface area contributed by atoms with Crippen LogP contribution in [0.1, 0.15) is 0 Å². The maximum Gasteiger partial charge on any atom is 0.294 e. The van der Waals surface area contributed by atoms with Gasteiger partial charge in [0.05, 0.1) is 22.0 Å². The van der Waals surface area contributed by atoms with Crippen molar-refractivity contribution in [1.82, 2.24) is 4.98 Å². The van der Waals surface area contributed by atoms with Gasteiger partial charge in [-0.15, -0.1) is 0 Å². The Labute approximate surface area is 92.0 Å². The lowest BCUT2D eigenvalue weighted by molar-refractivity contribution is -0.383. The van der Waals surface area contributed by atoms with E-state index >= 15 is 0 Å². The highest BCUT2D eigenvalue weighted by Crippen LogP contribution is 2.38. The van der Waals surface area contributed by atoms with Crippen molar-refractivity contribution in [3.05, 3.63) is 34.5 Å². The van der Waals surface area contributed by atoms with Gasteiger partial charge in [0.2, 0.25) is 0 Å². The van der Waals surface area contributed by atoms with E-state index in [0.29, 0.717) is 16.2 Å². The fraction of sp³-hybridized carbons (Fsp3) is 0.200. The number of benzene rings is 1. The number of nitro groups is 1. The molecule has 0 saturated heterocycles. The van der Waals surface area contributed by atoms with Crippen LogP contribution in [0.4, 0.5) is 5.69 Å². The Morgan fingerprint density at radius 3 is 2.62 bits per heavy atom. The lowest BCUT2D eigenvalue weighted by Gasteiger charge is -2.07. The van der Waals surface area contributed by atoms with Crippen LogP contribution < -0.4 is 5.30 Å². The normalized spacial score (nSPS) is 11.9. The van der Waals surface area contributed by atoms with E-state index in [0.717, 1.165) is 0 Å². The molecule has 0 aliphatic heterocycles. The van der Waals surface area contributed by atoms with Crippen LogP contribution in [-0.2, 0) is 4.57 Å². The van der Waals surface area contributed by atoms with Crippen LogP contribution in [0.15, 0.2) is 24.4 Å². The molecule has 0 atom stereocenters. The molecule has 1 N–H and O–H groups in total. The highest BCUT2D eigenvalue weighted by Gasteiger charge is 2.20. The predicted molar refractivity (Wildman–Crippen MR) is 64.0 cm³/mol. The fourth-order valence-electron chi connectivity index (χ4n) is 1.72. The number of nitrogens with zero attached hydrogens (tertiary/aromatic N) is 1. The number of H-pyrrole nitrogens is 1. The number of rotatable bonds is 2. The molecule has 0 aliphatic rings. The summed E-state index contributed by atoms with van der Waals surface area (Å²) in [5.74, 6) is 0. The summed E-state index contributed by atoms with van der Waals surface area (Å²) in [7, 11) is -2.43. The molecule has 1 aromatic carbocycles. The summed E-state index contributed by atoms with van der Waals surface area (Å²) in [4.78, 5) is 13.1. The molecule has 0 unspecified atom stereocenters. The average Bonchev–Trinajstić information content (AvgIpc) is 2.58. The van der Waals surface area contributed by atoms with E-state index in [2.05, 4.69) is 4.98 Å². The third-order valence-electron chi connectivity index (χ3n) is 2.45. The van der Waals surface area contributed by atoms with E-state index in [-0.39, 0.29) is 5.69 Å². The molecule has 84 valence electrons. The Bertz CT molecular complexity index is 612. The molecule has 0 saturated carbocycles. The summed E-state index contributed by atoms with van der Waals surface area (Å²) in [6, 6.07) is 5.09. The second-order valence-corrected chi connectivity index (χ2v) is 7.17. The zero-order valence-corrected chi connectivity index (χ0v) is 9.82. The summed E-state index contributed by atoms with van der Waals surface area (Å²) >= 11 is 0. The van der Waals surface area contributed by atoms with Gasteiger partial charge in [-0.2, -0.15) is 0 Å². The molecule has 1 heterocycles. The summed E-state index contributed by atoms with van der Waals surface area (Å²) in [6.45, 7) is 3.29. The van der Waals surface area contributed by atoms with E-state index in [4.69, 9.17) is 0 Å². The first-order valence-corrected chi connectivity index (χ1v) is 7.31. The maximum absolute atomic E-state index is 12.0. The molecule has 0 bridgehead atoms. The largest absolute Gasteiger partial charge is 0.355 e. The third kappa shape index (κ3) is 1.63. The van der Waals surface area contributed by atoms with Crippen molar-refractivity contribution in [3.63, 3.8) is 0 Å². The van der Waals surface area contributed by atoms with E-state index in [9.17, 15) is 14.7 Å². The average molecular weight is 238 g/mol. The van der Waals surface area contributed by atoms with Crippen molar-refractivity contribution < 1.29 is 9.49 Å². The molecular weight excluding hydrogens is 227 g/mol. The number of fused-ring (bicyclic) bond motifs is 1. The first-order chi connectivity index (χ1) is 7.41. The van der Waals surface area contributed by atoms with Crippen molar-refractivity contribution in [1.29, 1.82) is 0 Å². The number of para-hydroxylation sites is 1. The number of nitrogens with one attached hydrogen (secondary N) is 1. The van der Waals surface area contributed by atoms with E-state index in [1.54, 1.807) is 31.5 Å². The van der Waals surface area contributed by atoms with E-state index < -0.39 is 12.1 Å². The van der Waals surface area contributed by atoms with Gasteiger partial charge in [-0.1, -0.05) is 6.07 Å². The molecule has 2 rings (SSSR count). The molecule has 6 heteroatoms. The van der Waals surface area contributed by atoms with Gasteiger partial charge in [-0.05, 0) is 25.5 Å². The minimum absolute atomic E-state index is 0.0188. The molecular formula is C10H11N2O3P. The number of hydrogen-bond acceptors (Lipinski definition) is 3. The van der Waals surface area contributed by atoms with Gasteiger partial charge in [0, 0.05) is 5.30 Å². The second kappa shape index (κ2) is 3.46. The molecule has 5 nitrogen and oxygen atoms in total. The van der Waals surface area contributed by atoms with Gasteiger partial charge >= 0.3 is 0 Å². The summed E-state index contributed by atoms with van der Waals surface area (Å²) in [5, 5.41) is 11.9. The number of aromatic amines is 1.